The zero-order valence-electron chi connectivity index (χ0n) is 12.9. The predicted octanol–water partition coefficient (Wildman–Crippen LogP) is 3.85. The summed E-state index contributed by atoms with van der Waals surface area (Å²) in [5.74, 6) is 2.42. The van der Waals surface area contributed by atoms with E-state index in [1.807, 2.05) is 0 Å². The minimum atomic E-state index is 0.602. The van der Waals surface area contributed by atoms with Gasteiger partial charge in [0, 0.05) is 19.3 Å². The summed E-state index contributed by atoms with van der Waals surface area (Å²) in [4.78, 5) is 0. The monoisotopic (exact) mass is 255 g/mol. The molecule has 0 bridgehead atoms. The highest BCUT2D eigenvalue weighted by Gasteiger charge is 2.24. The van der Waals surface area contributed by atoms with Crippen LogP contribution in [0.1, 0.15) is 59.8 Å². The molecule has 1 fully saturated rings. The van der Waals surface area contributed by atoms with Gasteiger partial charge in [0.1, 0.15) is 0 Å². The third-order valence-corrected chi connectivity index (χ3v) is 3.94. The van der Waals surface area contributed by atoms with Crippen LogP contribution in [-0.4, -0.2) is 25.8 Å². The van der Waals surface area contributed by atoms with Gasteiger partial charge in [-0.15, -0.1) is 0 Å². The molecule has 0 radical (unpaired) electrons. The average molecular weight is 255 g/mol. The van der Waals surface area contributed by atoms with Crippen LogP contribution in [0.2, 0.25) is 0 Å². The van der Waals surface area contributed by atoms with Crippen LogP contribution in [0.3, 0.4) is 0 Å². The summed E-state index contributed by atoms with van der Waals surface area (Å²) >= 11 is 0. The standard InChI is InChI=1S/C16H33NO/c1-13(2)12-18-10-9-16(11-17-14(3)4)15-7-5-6-8-15/h13-17H,5-12H2,1-4H3. The first kappa shape index (κ1) is 16.0. The molecule has 2 nitrogen and oxygen atoms in total. The van der Waals surface area contributed by atoms with Crippen LogP contribution >= 0.6 is 0 Å². The van der Waals surface area contributed by atoms with Gasteiger partial charge in [-0.05, 0) is 30.7 Å². The zero-order valence-corrected chi connectivity index (χ0v) is 12.9. The van der Waals surface area contributed by atoms with E-state index in [1.54, 1.807) is 0 Å². The van der Waals surface area contributed by atoms with Crippen LogP contribution in [0, 0.1) is 17.8 Å². The molecular weight excluding hydrogens is 222 g/mol. The van der Waals surface area contributed by atoms with E-state index in [9.17, 15) is 0 Å². The molecule has 1 atom stereocenters. The number of hydrogen-bond donors (Lipinski definition) is 1. The van der Waals surface area contributed by atoms with Crippen molar-refractivity contribution in [3.8, 4) is 0 Å². The molecule has 2 heteroatoms. The molecule has 1 aliphatic carbocycles. The molecule has 0 heterocycles. The van der Waals surface area contributed by atoms with Gasteiger partial charge in [0.25, 0.3) is 0 Å². The Labute approximate surface area is 114 Å². The van der Waals surface area contributed by atoms with Gasteiger partial charge in [0.15, 0.2) is 0 Å². The van der Waals surface area contributed by atoms with Gasteiger partial charge < -0.3 is 10.1 Å². The number of hydrogen-bond acceptors (Lipinski definition) is 2. The maximum absolute atomic E-state index is 5.76. The molecule has 1 aliphatic rings. The smallest absolute Gasteiger partial charge is 0.0488 e. The van der Waals surface area contributed by atoms with Crippen molar-refractivity contribution in [3.05, 3.63) is 0 Å². The van der Waals surface area contributed by atoms with Crippen molar-refractivity contribution in [2.75, 3.05) is 19.8 Å². The van der Waals surface area contributed by atoms with Crippen LogP contribution < -0.4 is 5.32 Å². The van der Waals surface area contributed by atoms with Crippen molar-refractivity contribution in [1.82, 2.24) is 5.32 Å². The summed E-state index contributed by atoms with van der Waals surface area (Å²) in [6, 6.07) is 0.602. The van der Waals surface area contributed by atoms with Crippen molar-refractivity contribution in [2.24, 2.45) is 17.8 Å². The predicted molar refractivity (Wildman–Crippen MR) is 78.9 cm³/mol. The lowest BCUT2D eigenvalue weighted by Gasteiger charge is -2.25. The highest BCUT2D eigenvalue weighted by molar-refractivity contribution is 4.77. The molecule has 0 aromatic carbocycles. The summed E-state index contributed by atoms with van der Waals surface area (Å²) in [6.45, 7) is 11.9. The maximum Gasteiger partial charge on any atom is 0.0488 e. The number of nitrogens with one attached hydrogen (secondary N) is 1. The van der Waals surface area contributed by atoms with E-state index in [0.29, 0.717) is 12.0 Å². The van der Waals surface area contributed by atoms with Gasteiger partial charge in [0.05, 0.1) is 0 Å². The first-order valence-corrected chi connectivity index (χ1v) is 7.90. The van der Waals surface area contributed by atoms with E-state index in [-0.39, 0.29) is 0 Å². The second-order valence-electron chi connectivity index (χ2n) is 6.63. The van der Waals surface area contributed by atoms with E-state index in [1.165, 1.54) is 38.6 Å². The van der Waals surface area contributed by atoms with Gasteiger partial charge in [-0.2, -0.15) is 0 Å². The molecule has 108 valence electrons. The maximum atomic E-state index is 5.76. The van der Waals surface area contributed by atoms with E-state index in [2.05, 4.69) is 33.0 Å². The summed E-state index contributed by atoms with van der Waals surface area (Å²) in [5, 5.41) is 3.62. The second-order valence-corrected chi connectivity index (χ2v) is 6.63. The third-order valence-electron chi connectivity index (χ3n) is 3.94. The summed E-state index contributed by atoms with van der Waals surface area (Å²) < 4.78 is 5.76. The number of rotatable bonds is 9. The Balaban J connectivity index is 2.25. The SMILES string of the molecule is CC(C)COCCC(CNC(C)C)C1CCCC1. The Bertz CT molecular complexity index is 197. The minimum absolute atomic E-state index is 0.602. The Morgan fingerprint density at radius 1 is 1.11 bits per heavy atom. The Morgan fingerprint density at radius 3 is 2.33 bits per heavy atom. The van der Waals surface area contributed by atoms with Crippen molar-refractivity contribution < 1.29 is 4.74 Å². The largest absolute Gasteiger partial charge is 0.381 e. The molecule has 0 aromatic rings. The summed E-state index contributed by atoms with van der Waals surface area (Å²) in [5.41, 5.74) is 0. The molecule has 1 saturated carbocycles. The highest BCUT2D eigenvalue weighted by atomic mass is 16.5. The summed E-state index contributed by atoms with van der Waals surface area (Å²) in [7, 11) is 0. The van der Waals surface area contributed by atoms with Crippen LogP contribution in [0.4, 0.5) is 0 Å². The fraction of sp³-hybridized carbons (Fsp3) is 1.00. The Hall–Kier alpha value is -0.0800. The van der Waals surface area contributed by atoms with Crippen LogP contribution in [0.15, 0.2) is 0 Å². The van der Waals surface area contributed by atoms with Gasteiger partial charge in [-0.1, -0.05) is 53.4 Å². The Morgan fingerprint density at radius 2 is 1.78 bits per heavy atom. The normalized spacial score (nSPS) is 19.0. The lowest BCUT2D eigenvalue weighted by Crippen LogP contribution is -2.32. The van der Waals surface area contributed by atoms with Crippen molar-refractivity contribution in [1.29, 1.82) is 0 Å². The molecule has 18 heavy (non-hydrogen) atoms. The number of ether oxygens (including phenoxy) is 1. The van der Waals surface area contributed by atoms with Gasteiger partial charge >= 0.3 is 0 Å². The van der Waals surface area contributed by atoms with E-state index >= 15 is 0 Å². The third kappa shape index (κ3) is 6.75. The van der Waals surface area contributed by atoms with Gasteiger partial charge in [0.2, 0.25) is 0 Å². The minimum Gasteiger partial charge on any atom is -0.381 e. The molecular formula is C16H33NO. The topological polar surface area (TPSA) is 21.3 Å². The average Bonchev–Trinajstić information content (AvgIpc) is 2.80. The van der Waals surface area contributed by atoms with Crippen LogP contribution in [0.5, 0.6) is 0 Å². The molecule has 1 N–H and O–H groups in total. The molecule has 0 amide bonds. The van der Waals surface area contributed by atoms with Crippen molar-refractivity contribution >= 4 is 0 Å². The van der Waals surface area contributed by atoms with Crippen molar-refractivity contribution in [3.63, 3.8) is 0 Å². The van der Waals surface area contributed by atoms with E-state index < -0.39 is 0 Å². The molecule has 0 aliphatic heterocycles. The zero-order chi connectivity index (χ0) is 13.4. The molecule has 0 aromatic heterocycles. The summed E-state index contributed by atoms with van der Waals surface area (Å²) in [6.07, 6.45) is 6.99. The van der Waals surface area contributed by atoms with Crippen LogP contribution in [-0.2, 0) is 4.74 Å². The van der Waals surface area contributed by atoms with Gasteiger partial charge in [-0.3, -0.25) is 0 Å². The lowest BCUT2D eigenvalue weighted by atomic mass is 9.88. The van der Waals surface area contributed by atoms with E-state index in [0.717, 1.165) is 25.0 Å². The molecule has 0 saturated heterocycles. The fourth-order valence-electron chi connectivity index (χ4n) is 2.87. The molecule has 1 unspecified atom stereocenters. The van der Waals surface area contributed by atoms with Crippen molar-refractivity contribution in [2.45, 2.75) is 65.8 Å². The first-order valence-electron chi connectivity index (χ1n) is 7.90. The van der Waals surface area contributed by atoms with Crippen LogP contribution in [0.25, 0.3) is 0 Å². The van der Waals surface area contributed by atoms with Gasteiger partial charge in [-0.25, -0.2) is 0 Å². The lowest BCUT2D eigenvalue weighted by molar-refractivity contribution is 0.0896. The fourth-order valence-corrected chi connectivity index (χ4v) is 2.87. The molecule has 1 rings (SSSR count). The van der Waals surface area contributed by atoms with E-state index in [4.69, 9.17) is 4.74 Å². The second kappa shape index (κ2) is 8.92. The first-order chi connectivity index (χ1) is 8.59. The molecule has 0 spiro atoms. The highest BCUT2D eigenvalue weighted by Crippen LogP contribution is 2.32. The Kier molecular flexibility index (Phi) is 7.92. The quantitative estimate of drug-likeness (QED) is 0.632.